The molecule has 13 heavy (non-hydrogen) atoms. The number of hydrogen-bond acceptors (Lipinski definition) is 4. The van der Waals surface area contributed by atoms with Crippen molar-refractivity contribution in [3.63, 3.8) is 0 Å². The van der Waals surface area contributed by atoms with E-state index < -0.39 is 0 Å². The van der Waals surface area contributed by atoms with Gasteiger partial charge in [0.15, 0.2) is 11.5 Å². The lowest BCUT2D eigenvalue weighted by Crippen LogP contribution is -1.91. The van der Waals surface area contributed by atoms with Gasteiger partial charge in [-0.2, -0.15) is 0 Å². The molecule has 0 saturated carbocycles. The molecular formula is C8H9ClO4. The van der Waals surface area contributed by atoms with Crippen LogP contribution >= 0.6 is 11.6 Å². The zero-order valence-electron chi connectivity index (χ0n) is 7.17. The lowest BCUT2D eigenvalue weighted by molar-refractivity contribution is 0.321. The molecule has 5 heteroatoms. The number of halogens is 1. The summed E-state index contributed by atoms with van der Waals surface area (Å²) in [6.45, 7) is 0. The summed E-state index contributed by atoms with van der Waals surface area (Å²) in [5, 5.41) is 18.7. The van der Waals surface area contributed by atoms with Gasteiger partial charge < -0.3 is 19.7 Å². The molecule has 0 fully saturated rings. The van der Waals surface area contributed by atoms with Crippen molar-refractivity contribution < 1.29 is 19.7 Å². The Morgan fingerprint density at radius 3 is 2.15 bits per heavy atom. The van der Waals surface area contributed by atoms with Gasteiger partial charge in [0.25, 0.3) is 0 Å². The Kier molecular flexibility index (Phi) is 2.72. The summed E-state index contributed by atoms with van der Waals surface area (Å²) in [6, 6.07) is 1.18. The number of rotatable bonds is 2. The van der Waals surface area contributed by atoms with Crippen LogP contribution in [-0.2, 0) is 0 Å². The lowest BCUT2D eigenvalue weighted by Gasteiger charge is -2.11. The monoisotopic (exact) mass is 204 g/mol. The number of ether oxygens (including phenoxy) is 2. The highest BCUT2D eigenvalue weighted by atomic mass is 35.5. The van der Waals surface area contributed by atoms with Crippen LogP contribution in [0.1, 0.15) is 0 Å². The SMILES string of the molecule is COc1c(Cl)cc(O)c(O)c1OC. The normalized spacial score (nSPS) is 9.77. The van der Waals surface area contributed by atoms with Crippen LogP contribution in [0.2, 0.25) is 5.02 Å². The number of benzene rings is 1. The molecular weight excluding hydrogens is 196 g/mol. The molecule has 0 spiro atoms. The van der Waals surface area contributed by atoms with Crippen molar-refractivity contribution in [2.75, 3.05) is 14.2 Å². The molecule has 0 saturated heterocycles. The van der Waals surface area contributed by atoms with Crippen molar-refractivity contribution in [1.29, 1.82) is 0 Å². The average molecular weight is 205 g/mol. The highest BCUT2D eigenvalue weighted by Gasteiger charge is 2.17. The summed E-state index contributed by atoms with van der Waals surface area (Å²) in [7, 11) is 2.73. The van der Waals surface area contributed by atoms with Gasteiger partial charge in [0.05, 0.1) is 19.2 Å². The first-order chi connectivity index (χ1) is 6.11. The van der Waals surface area contributed by atoms with Crippen LogP contribution < -0.4 is 9.47 Å². The summed E-state index contributed by atoms with van der Waals surface area (Å²) in [6.07, 6.45) is 0. The third-order valence-electron chi connectivity index (χ3n) is 1.55. The van der Waals surface area contributed by atoms with Gasteiger partial charge in [0, 0.05) is 6.07 Å². The maximum absolute atomic E-state index is 9.32. The second kappa shape index (κ2) is 3.62. The summed E-state index contributed by atoms with van der Waals surface area (Å²) >= 11 is 5.71. The van der Waals surface area contributed by atoms with Gasteiger partial charge in [0.2, 0.25) is 11.5 Å². The highest BCUT2D eigenvalue weighted by Crippen LogP contribution is 2.47. The van der Waals surface area contributed by atoms with Crippen LogP contribution in [0.5, 0.6) is 23.0 Å². The molecule has 0 aliphatic heterocycles. The fourth-order valence-electron chi connectivity index (χ4n) is 0.966. The standard InChI is InChI=1S/C8H9ClO4/c1-12-7-4(9)3-5(10)6(11)8(7)13-2/h3,10-11H,1-2H3. The molecule has 1 aromatic carbocycles. The zero-order valence-corrected chi connectivity index (χ0v) is 7.92. The number of hydrogen-bond donors (Lipinski definition) is 2. The average Bonchev–Trinajstić information content (AvgIpc) is 2.10. The molecule has 0 atom stereocenters. The molecule has 72 valence electrons. The van der Waals surface area contributed by atoms with Crippen LogP contribution in [0.25, 0.3) is 0 Å². The Bertz CT molecular complexity index is 324. The predicted molar refractivity (Wildman–Crippen MR) is 47.9 cm³/mol. The van der Waals surface area contributed by atoms with Gasteiger partial charge >= 0.3 is 0 Å². The van der Waals surface area contributed by atoms with Gasteiger partial charge in [-0.1, -0.05) is 11.6 Å². The minimum absolute atomic E-state index is 0.0208. The maximum Gasteiger partial charge on any atom is 0.208 e. The van der Waals surface area contributed by atoms with E-state index in [4.69, 9.17) is 26.2 Å². The van der Waals surface area contributed by atoms with E-state index in [0.717, 1.165) is 0 Å². The molecule has 0 unspecified atom stereocenters. The summed E-state index contributed by atoms with van der Waals surface area (Å²) in [4.78, 5) is 0. The minimum Gasteiger partial charge on any atom is -0.504 e. The molecule has 2 N–H and O–H groups in total. The van der Waals surface area contributed by atoms with E-state index in [0.29, 0.717) is 0 Å². The first kappa shape index (κ1) is 9.80. The maximum atomic E-state index is 9.32. The molecule has 1 rings (SSSR count). The molecule has 0 amide bonds. The fourth-order valence-corrected chi connectivity index (χ4v) is 1.23. The van der Waals surface area contributed by atoms with Crippen molar-refractivity contribution >= 4 is 11.6 Å². The number of aromatic hydroxyl groups is 2. The quantitative estimate of drug-likeness (QED) is 0.721. The van der Waals surface area contributed by atoms with Crippen LogP contribution in [0.3, 0.4) is 0 Å². The highest BCUT2D eigenvalue weighted by molar-refractivity contribution is 6.32. The fraction of sp³-hybridized carbons (Fsp3) is 0.250. The van der Waals surface area contributed by atoms with Gasteiger partial charge in [-0.05, 0) is 0 Å². The number of methoxy groups -OCH3 is 2. The molecule has 0 bridgehead atoms. The summed E-state index contributed by atoms with van der Waals surface area (Å²) in [5.41, 5.74) is 0. The molecule has 0 aliphatic carbocycles. The van der Waals surface area contributed by atoms with E-state index in [1.165, 1.54) is 20.3 Å². The second-order valence-electron chi connectivity index (χ2n) is 2.29. The molecule has 0 aliphatic rings. The van der Waals surface area contributed by atoms with Crippen molar-refractivity contribution in [3.05, 3.63) is 11.1 Å². The van der Waals surface area contributed by atoms with Gasteiger partial charge in [0.1, 0.15) is 0 Å². The summed E-state index contributed by atoms with van der Waals surface area (Å²) < 4.78 is 9.68. The van der Waals surface area contributed by atoms with Crippen molar-refractivity contribution in [2.45, 2.75) is 0 Å². The van der Waals surface area contributed by atoms with Gasteiger partial charge in [-0.25, -0.2) is 0 Å². The topological polar surface area (TPSA) is 58.9 Å². The van der Waals surface area contributed by atoms with E-state index in [-0.39, 0.29) is 28.0 Å². The smallest absolute Gasteiger partial charge is 0.208 e. The lowest BCUT2D eigenvalue weighted by atomic mass is 10.2. The third-order valence-corrected chi connectivity index (χ3v) is 1.83. The molecule has 0 heterocycles. The number of phenols is 2. The minimum atomic E-state index is -0.385. The Hall–Kier alpha value is -1.29. The summed E-state index contributed by atoms with van der Waals surface area (Å²) in [5.74, 6) is -0.515. The second-order valence-corrected chi connectivity index (χ2v) is 2.70. The molecule has 0 aromatic heterocycles. The van der Waals surface area contributed by atoms with Crippen molar-refractivity contribution in [2.24, 2.45) is 0 Å². The van der Waals surface area contributed by atoms with E-state index in [9.17, 15) is 5.11 Å². The van der Waals surface area contributed by atoms with Crippen LogP contribution in [0.15, 0.2) is 6.07 Å². The Morgan fingerprint density at radius 1 is 1.15 bits per heavy atom. The van der Waals surface area contributed by atoms with E-state index in [1.807, 2.05) is 0 Å². The zero-order chi connectivity index (χ0) is 10.0. The van der Waals surface area contributed by atoms with Crippen molar-refractivity contribution in [3.8, 4) is 23.0 Å². The van der Waals surface area contributed by atoms with E-state index in [1.54, 1.807) is 0 Å². The van der Waals surface area contributed by atoms with Gasteiger partial charge in [-0.3, -0.25) is 0 Å². The molecule has 1 aromatic rings. The van der Waals surface area contributed by atoms with E-state index >= 15 is 0 Å². The third kappa shape index (κ3) is 1.58. The van der Waals surface area contributed by atoms with Crippen LogP contribution in [-0.4, -0.2) is 24.4 Å². The van der Waals surface area contributed by atoms with Crippen LogP contribution in [0, 0.1) is 0 Å². The molecule has 4 nitrogen and oxygen atoms in total. The van der Waals surface area contributed by atoms with Crippen LogP contribution in [0.4, 0.5) is 0 Å². The predicted octanol–water partition coefficient (Wildman–Crippen LogP) is 1.77. The molecule has 0 radical (unpaired) electrons. The van der Waals surface area contributed by atoms with Gasteiger partial charge in [-0.15, -0.1) is 0 Å². The first-order valence-electron chi connectivity index (χ1n) is 3.44. The largest absolute Gasteiger partial charge is 0.504 e. The van der Waals surface area contributed by atoms with E-state index in [2.05, 4.69) is 0 Å². The Morgan fingerprint density at radius 2 is 1.69 bits per heavy atom. The first-order valence-corrected chi connectivity index (χ1v) is 3.82. The Labute approximate surface area is 80.3 Å². The van der Waals surface area contributed by atoms with Crippen molar-refractivity contribution in [1.82, 2.24) is 0 Å². The Balaban J connectivity index is 3.41. The number of phenolic OH excluding ortho intramolecular Hbond substituents is 2.